The molecule has 1 aromatic carbocycles. The van der Waals surface area contributed by atoms with Gasteiger partial charge in [0, 0.05) is 29.2 Å². The minimum atomic E-state index is 0.125. The minimum absolute atomic E-state index is 0.125. The molecule has 1 N–H and O–H groups in total. The van der Waals surface area contributed by atoms with Gasteiger partial charge in [0.15, 0.2) is 5.13 Å². The van der Waals surface area contributed by atoms with Crippen molar-refractivity contribution in [3.8, 4) is 0 Å². The molecule has 0 aliphatic heterocycles. The molecule has 0 unspecified atom stereocenters. The number of thiazole rings is 1. The first kappa shape index (κ1) is 16.0. The Labute approximate surface area is 132 Å². The van der Waals surface area contributed by atoms with Gasteiger partial charge >= 0.3 is 0 Å². The standard InChI is InChI=1S/C17H25N3S/c1-6-20(14-10-8-7-9-11-14)16-19-13(2)15(21-16)12-18-17(3,4)5/h7-11,18H,6,12H2,1-5H3. The topological polar surface area (TPSA) is 28.2 Å². The molecule has 0 aliphatic rings. The summed E-state index contributed by atoms with van der Waals surface area (Å²) >= 11 is 1.78. The zero-order valence-electron chi connectivity index (χ0n) is 13.6. The Morgan fingerprint density at radius 1 is 1.19 bits per heavy atom. The number of anilines is 2. The maximum atomic E-state index is 4.76. The van der Waals surface area contributed by atoms with Crippen molar-refractivity contribution >= 4 is 22.2 Å². The largest absolute Gasteiger partial charge is 0.318 e. The van der Waals surface area contributed by atoms with Crippen LogP contribution in [-0.2, 0) is 6.54 Å². The first-order valence-corrected chi connectivity index (χ1v) is 8.26. The van der Waals surface area contributed by atoms with Crippen LogP contribution in [0.4, 0.5) is 10.8 Å². The number of aryl methyl sites for hydroxylation is 1. The van der Waals surface area contributed by atoms with Crippen molar-refractivity contribution in [1.29, 1.82) is 0 Å². The molecule has 0 radical (unpaired) electrons. The molecule has 3 nitrogen and oxygen atoms in total. The summed E-state index contributed by atoms with van der Waals surface area (Å²) in [4.78, 5) is 8.34. The minimum Gasteiger partial charge on any atom is -0.318 e. The SMILES string of the molecule is CCN(c1ccccc1)c1nc(C)c(CNC(C)(C)C)s1. The fraction of sp³-hybridized carbons (Fsp3) is 0.471. The first-order valence-electron chi connectivity index (χ1n) is 7.44. The summed E-state index contributed by atoms with van der Waals surface area (Å²) in [5, 5.41) is 4.62. The van der Waals surface area contributed by atoms with Crippen molar-refractivity contribution in [2.24, 2.45) is 0 Å². The van der Waals surface area contributed by atoms with Crippen LogP contribution >= 0.6 is 11.3 Å². The van der Waals surface area contributed by atoms with Crippen LogP contribution in [0.25, 0.3) is 0 Å². The molecule has 2 aromatic rings. The summed E-state index contributed by atoms with van der Waals surface area (Å²) in [7, 11) is 0. The summed E-state index contributed by atoms with van der Waals surface area (Å²) < 4.78 is 0. The zero-order valence-corrected chi connectivity index (χ0v) is 14.4. The van der Waals surface area contributed by atoms with Gasteiger partial charge in [0.25, 0.3) is 0 Å². The van der Waals surface area contributed by atoms with E-state index in [2.05, 4.69) is 69.1 Å². The van der Waals surface area contributed by atoms with E-state index < -0.39 is 0 Å². The number of hydrogen-bond acceptors (Lipinski definition) is 4. The van der Waals surface area contributed by atoms with E-state index >= 15 is 0 Å². The van der Waals surface area contributed by atoms with Crippen molar-refractivity contribution in [2.45, 2.75) is 46.7 Å². The van der Waals surface area contributed by atoms with Gasteiger partial charge in [-0.1, -0.05) is 29.5 Å². The lowest BCUT2D eigenvalue weighted by Crippen LogP contribution is -2.34. The monoisotopic (exact) mass is 303 g/mol. The van der Waals surface area contributed by atoms with Gasteiger partial charge in [0.05, 0.1) is 5.69 Å². The van der Waals surface area contributed by atoms with Gasteiger partial charge in [-0.3, -0.25) is 0 Å². The van der Waals surface area contributed by atoms with Crippen LogP contribution in [0.3, 0.4) is 0 Å². The van der Waals surface area contributed by atoms with E-state index in [9.17, 15) is 0 Å². The molecule has 2 rings (SSSR count). The molecule has 0 fully saturated rings. The van der Waals surface area contributed by atoms with Gasteiger partial charge < -0.3 is 10.2 Å². The Morgan fingerprint density at radius 3 is 2.43 bits per heavy atom. The molecule has 4 heteroatoms. The van der Waals surface area contributed by atoms with Crippen LogP contribution < -0.4 is 10.2 Å². The summed E-state index contributed by atoms with van der Waals surface area (Å²) in [6.07, 6.45) is 0. The number of nitrogens with one attached hydrogen (secondary N) is 1. The summed E-state index contributed by atoms with van der Waals surface area (Å²) in [5.74, 6) is 0. The smallest absolute Gasteiger partial charge is 0.190 e. The predicted molar refractivity (Wildman–Crippen MR) is 92.6 cm³/mol. The van der Waals surface area contributed by atoms with Crippen molar-refractivity contribution in [1.82, 2.24) is 10.3 Å². The highest BCUT2D eigenvalue weighted by Gasteiger charge is 2.16. The third-order valence-electron chi connectivity index (χ3n) is 3.28. The number of benzene rings is 1. The number of aromatic nitrogens is 1. The molecule has 0 amide bonds. The summed E-state index contributed by atoms with van der Waals surface area (Å²) in [6, 6.07) is 10.4. The molecule has 0 aliphatic carbocycles. The molecule has 0 saturated heterocycles. The second-order valence-corrected chi connectivity index (χ2v) is 7.25. The number of nitrogens with zero attached hydrogens (tertiary/aromatic N) is 2. The Kier molecular flexibility index (Phi) is 5.01. The van der Waals surface area contributed by atoms with Crippen molar-refractivity contribution in [2.75, 3.05) is 11.4 Å². The molecule has 0 bridgehead atoms. The van der Waals surface area contributed by atoms with E-state index in [1.807, 2.05) is 6.07 Å². The van der Waals surface area contributed by atoms with Crippen LogP contribution in [0.5, 0.6) is 0 Å². The van der Waals surface area contributed by atoms with E-state index in [-0.39, 0.29) is 5.54 Å². The van der Waals surface area contributed by atoms with Gasteiger partial charge in [0.2, 0.25) is 0 Å². The highest BCUT2D eigenvalue weighted by atomic mass is 32.1. The van der Waals surface area contributed by atoms with E-state index in [0.717, 1.165) is 23.9 Å². The molecule has 0 spiro atoms. The number of para-hydroxylation sites is 1. The molecule has 0 atom stereocenters. The molecule has 114 valence electrons. The van der Waals surface area contributed by atoms with E-state index in [4.69, 9.17) is 4.98 Å². The maximum absolute atomic E-state index is 4.76. The lowest BCUT2D eigenvalue weighted by Gasteiger charge is -2.20. The Hall–Kier alpha value is -1.39. The number of hydrogen-bond donors (Lipinski definition) is 1. The van der Waals surface area contributed by atoms with E-state index in [1.54, 1.807) is 11.3 Å². The highest BCUT2D eigenvalue weighted by Crippen LogP contribution is 2.31. The average molecular weight is 303 g/mol. The molecular weight excluding hydrogens is 278 g/mol. The third-order valence-corrected chi connectivity index (χ3v) is 4.46. The average Bonchev–Trinajstić information content (AvgIpc) is 2.79. The van der Waals surface area contributed by atoms with Crippen LogP contribution in [0.15, 0.2) is 30.3 Å². The fourth-order valence-corrected chi connectivity index (χ4v) is 3.16. The van der Waals surface area contributed by atoms with Crippen molar-refractivity contribution in [3.63, 3.8) is 0 Å². The second-order valence-electron chi connectivity index (χ2n) is 6.19. The van der Waals surface area contributed by atoms with Gasteiger partial charge in [0.1, 0.15) is 0 Å². The maximum Gasteiger partial charge on any atom is 0.190 e. The zero-order chi connectivity index (χ0) is 15.5. The van der Waals surface area contributed by atoms with Gasteiger partial charge in [-0.2, -0.15) is 0 Å². The quantitative estimate of drug-likeness (QED) is 0.881. The Bertz CT molecular complexity index is 569. The molecule has 1 aromatic heterocycles. The third kappa shape index (κ3) is 4.29. The Balaban J connectivity index is 2.20. The molecule has 21 heavy (non-hydrogen) atoms. The fourth-order valence-electron chi connectivity index (χ4n) is 2.07. The van der Waals surface area contributed by atoms with Gasteiger partial charge in [-0.25, -0.2) is 4.98 Å². The molecular formula is C17H25N3S. The van der Waals surface area contributed by atoms with Crippen molar-refractivity contribution < 1.29 is 0 Å². The van der Waals surface area contributed by atoms with E-state index in [1.165, 1.54) is 10.6 Å². The second kappa shape index (κ2) is 6.58. The number of rotatable bonds is 5. The lowest BCUT2D eigenvalue weighted by molar-refractivity contribution is 0.425. The normalized spacial score (nSPS) is 11.7. The summed E-state index contributed by atoms with van der Waals surface area (Å²) in [5.41, 5.74) is 2.45. The van der Waals surface area contributed by atoms with Crippen LogP contribution in [0.1, 0.15) is 38.3 Å². The van der Waals surface area contributed by atoms with Crippen molar-refractivity contribution in [3.05, 3.63) is 40.9 Å². The van der Waals surface area contributed by atoms with Crippen LogP contribution in [0.2, 0.25) is 0 Å². The van der Waals surface area contributed by atoms with Gasteiger partial charge in [-0.05, 0) is 46.8 Å². The molecule has 0 saturated carbocycles. The predicted octanol–water partition coefficient (Wildman–Crippen LogP) is 4.50. The van der Waals surface area contributed by atoms with Crippen LogP contribution in [0, 0.1) is 6.92 Å². The van der Waals surface area contributed by atoms with Gasteiger partial charge in [-0.15, -0.1) is 0 Å². The summed E-state index contributed by atoms with van der Waals surface area (Å²) in [6.45, 7) is 12.6. The lowest BCUT2D eigenvalue weighted by atomic mass is 10.1. The van der Waals surface area contributed by atoms with E-state index in [0.29, 0.717) is 0 Å². The molecule has 1 heterocycles. The first-order chi connectivity index (χ1) is 9.90. The Morgan fingerprint density at radius 2 is 1.86 bits per heavy atom. The van der Waals surface area contributed by atoms with Crippen LogP contribution in [-0.4, -0.2) is 17.1 Å². The highest BCUT2D eigenvalue weighted by molar-refractivity contribution is 7.15.